The van der Waals surface area contributed by atoms with Crippen LogP contribution in [0.25, 0.3) is 16.8 Å². The normalized spacial score (nSPS) is 22.3. The molecule has 4 N–H and O–H groups in total. The molecule has 35 heavy (non-hydrogen) atoms. The number of fused-ring (bicyclic) bond motifs is 1. The fourth-order valence-electron chi connectivity index (χ4n) is 4.46. The number of rotatable bonds is 7. The van der Waals surface area contributed by atoms with Crippen LogP contribution in [0.1, 0.15) is 17.4 Å². The summed E-state index contributed by atoms with van der Waals surface area (Å²) in [6, 6.07) is 11.4. The van der Waals surface area contributed by atoms with Gasteiger partial charge in [-0.3, -0.25) is 4.68 Å². The van der Waals surface area contributed by atoms with Gasteiger partial charge in [-0.1, -0.05) is 12.1 Å². The minimum atomic E-state index is -1.19. The van der Waals surface area contributed by atoms with Gasteiger partial charge >= 0.3 is 0 Å². The lowest BCUT2D eigenvalue weighted by atomic mass is 10.1. The summed E-state index contributed by atoms with van der Waals surface area (Å²) < 4.78 is 15.3. The van der Waals surface area contributed by atoms with E-state index in [1.807, 2.05) is 63.7 Å². The number of anilines is 1. The molecule has 0 bridgehead atoms. The summed E-state index contributed by atoms with van der Waals surface area (Å²) in [6.07, 6.45) is -0.756. The first-order chi connectivity index (χ1) is 16.8. The molecule has 0 unspecified atom stereocenters. The number of hydrogen-bond acceptors (Lipinski definition) is 9. The molecule has 0 saturated carbocycles. The van der Waals surface area contributed by atoms with Crippen molar-refractivity contribution in [2.45, 2.75) is 31.0 Å². The van der Waals surface area contributed by atoms with Crippen molar-refractivity contribution in [1.82, 2.24) is 29.3 Å². The quantitative estimate of drug-likeness (QED) is 0.355. The number of nitrogen functional groups attached to an aromatic ring is 1. The standard InChI is InChI=1S/C24H29N7O4/c1-29(2)11-14-5-4-6-15(9-14)34-12-19-21(32)22(33)23(35-19)18-10-16(17-7-8-30(3)28-17)20-24(25)26-13-27-31(18)20/h4-10,13,19,21-23,32-33H,11-12H2,1-3H3,(H2,25,26,27)/t19-,21-,22-,23+/m1/s1. The molecule has 11 heteroatoms. The number of hydrogen-bond donors (Lipinski definition) is 3. The Bertz CT molecular complexity index is 1330. The first kappa shape index (κ1) is 23.2. The van der Waals surface area contributed by atoms with Gasteiger partial charge in [-0.2, -0.15) is 10.2 Å². The first-order valence-electron chi connectivity index (χ1n) is 11.3. The minimum Gasteiger partial charge on any atom is -0.491 e. The molecular formula is C24H29N7O4. The highest BCUT2D eigenvalue weighted by Gasteiger charge is 2.45. The number of benzene rings is 1. The summed E-state index contributed by atoms with van der Waals surface area (Å²) in [4.78, 5) is 6.18. The van der Waals surface area contributed by atoms with Crippen molar-refractivity contribution in [1.29, 1.82) is 0 Å². The van der Waals surface area contributed by atoms with Crippen molar-refractivity contribution in [2.75, 3.05) is 26.4 Å². The second-order valence-corrected chi connectivity index (χ2v) is 9.04. The summed E-state index contributed by atoms with van der Waals surface area (Å²) in [7, 11) is 5.82. The second kappa shape index (κ2) is 9.27. The molecule has 0 spiro atoms. The van der Waals surface area contributed by atoms with Gasteiger partial charge in [0.25, 0.3) is 0 Å². The third-order valence-corrected chi connectivity index (χ3v) is 6.07. The van der Waals surface area contributed by atoms with Gasteiger partial charge in [-0.05, 0) is 43.9 Å². The highest BCUT2D eigenvalue weighted by Crippen LogP contribution is 2.38. The van der Waals surface area contributed by atoms with Crippen molar-refractivity contribution in [3.63, 3.8) is 0 Å². The van der Waals surface area contributed by atoms with Gasteiger partial charge in [0.1, 0.15) is 48.6 Å². The third kappa shape index (κ3) is 4.46. The SMILES string of the molecule is CN(C)Cc1cccc(OC[C@H]2O[C@@H](c3cc(-c4ccn(C)n4)c4c(N)ncnn34)[C@H](O)[C@@H]2O)c1. The van der Waals surface area contributed by atoms with E-state index in [1.165, 1.54) is 6.33 Å². The lowest BCUT2D eigenvalue weighted by molar-refractivity contribution is -0.0187. The number of nitrogens with two attached hydrogens (primary N) is 1. The van der Waals surface area contributed by atoms with Crippen molar-refractivity contribution in [3.05, 3.63) is 60.2 Å². The van der Waals surface area contributed by atoms with Crippen LogP contribution in [0, 0.1) is 0 Å². The van der Waals surface area contributed by atoms with E-state index in [1.54, 1.807) is 9.20 Å². The van der Waals surface area contributed by atoms with Crippen LogP contribution in [0.5, 0.6) is 5.75 Å². The van der Waals surface area contributed by atoms with Crippen molar-refractivity contribution in [2.24, 2.45) is 7.05 Å². The number of aliphatic hydroxyl groups excluding tert-OH is 2. The van der Waals surface area contributed by atoms with E-state index in [0.717, 1.165) is 12.1 Å². The van der Waals surface area contributed by atoms with Gasteiger partial charge in [-0.25, -0.2) is 9.50 Å². The van der Waals surface area contributed by atoms with Crippen LogP contribution in [0.2, 0.25) is 0 Å². The number of aliphatic hydroxyl groups is 2. The molecular weight excluding hydrogens is 450 g/mol. The highest BCUT2D eigenvalue weighted by molar-refractivity contribution is 5.86. The fraction of sp³-hybridized carbons (Fsp3) is 0.375. The Kier molecular flexibility index (Phi) is 6.15. The van der Waals surface area contributed by atoms with Crippen LogP contribution in [0.4, 0.5) is 5.82 Å². The molecule has 1 aliphatic rings. The average Bonchev–Trinajstić information content (AvgIpc) is 3.49. The summed E-state index contributed by atoms with van der Waals surface area (Å²) in [6.45, 7) is 0.860. The van der Waals surface area contributed by atoms with E-state index in [2.05, 4.69) is 20.1 Å². The molecule has 3 aromatic heterocycles. The molecule has 4 atom stereocenters. The third-order valence-electron chi connectivity index (χ3n) is 6.07. The number of aryl methyl sites for hydroxylation is 1. The van der Waals surface area contributed by atoms with Gasteiger partial charge in [0, 0.05) is 25.4 Å². The number of aromatic nitrogens is 5. The summed E-state index contributed by atoms with van der Waals surface area (Å²) in [5, 5.41) is 30.4. The van der Waals surface area contributed by atoms with Crippen LogP contribution in [-0.2, 0) is 18.3 Å². The van der Waals surface area contributed by atoms with Crippen molar-refractivity contribution >= 4 is 11.3 Å². The van der Waals surface area contributed by atoms with Gasteiger partial charge < -0.3 is 30.3 Å². The number of nitrogens with zero attached hydrogens (tertiary/aromatic N) is 6. The molecule has 5 rings (SSSR count). The fourth-order valence-corrected chi connectivity index (χ4v) is 4.46. The van der Waals surface area contributed by atoms with Crippen LogP contribution in [-0.4, -0.2) is 78.5 Å². The summed E-state index contributed by atoms with van der Waals surface area (Å²) in [5.41, 5.74) is 9.77. The Morgan fingerprint density at radius 1 is 1.17 bits per heavy atom. The lowest BCUT2D eigenvalue weighted by Gasteiger charge is -2.16. The number of ether oxygens (including phenoxy) is 2. The van der Waals surface area contributed by atoms with Gasteiger partial charge in [0.05, 0.1) is 11.4 Å². The molecule has 1 saturated heterocycles. The maximum Gasteiger partial charge on any atom is 0.152 e. The minimum absolute atomic E-state index is 0.0771. The van der Waals surface area contributed by atoms with E-state index in [9.17, 15) is 10.2 Å². The second-order valence-electron chi connectivity index (χ2n) is 9.04. The van der Waals surface area contributed by atoms with E-state index in [-0.39, 0.29) is 12.4 Å². The van der Waals surface area contributed by atoms with E-state index < -0.39 is 24.4 Å². The van der Waals surface area contributed by atoms with Crippen molar-refractivity contribution in [3.8, 4) is 17.0 Å². The van der Waals surface area contributed by atoms with Crippen LogP contribution in [0.15, 0.2) is 48.9 Å². The Labute approximate surface area is 202 Å². The molecule has 4 aromatic rings. The Hall–Kier alpha value is -3.51. The van der Waals surface area contributed by atoms with Gasteiger partial charge in [-0.15, -0.1) is 0 Å². The molecule has 11 nitrogen and oxygen atoms in total. The molecule has 0 radical (unpaired) electrons. The Morgan fingerprint density at radius 3 is 2.74 bits per heavy atom. The van der Waals surface area contributed by atoms with E-state index in [4.69, 9.17) is 15.2 Å². The Morgan fingerprint density at radius 2 is 2.00 bits per heavy atom. The van der Waals surface area contributed by atoms with E-state index >= 15 is 0 Å². The summed E-state index contributed by atoms with van der Waals surface area (Å²) >= 11 is 0. The monoisotopic (exact) mass is 479 g/mol. The zero-order valence-electron chi connectivity index (χ0n) is 19.8. The van der Waals surface area contributed by atoms with Crippen LogP contribution < -0.4 is 10.5 Å². The van der Waals surface area contributed by atoms with Crippen molar-refractivity contribution < 1.29 is 19.7 Å². The van der Waals surface area contributed by atoms with Gasteiger partial charge in [0.2, 0.25) is 0 Å². The molecule has 0 aliphatic carbocycles. The van der Waals surface area contributed by atoms with E-state index in [0.29, 0.717) is 28.2 Å². The first-order valence-corrected chi connectivity index (χ1v) is 11.3. The van der Waals surface area contributed by atoms with Crippen LogP contribution >= 0.6 is 0 Å². The average molecular weight is 480 g/mol. The lowest BCUT2D eigenvalue weighted by Crippen LogP contribution is -2.34. The zero-order valence-corrected chi connectivity index (χ0v) is 19.8. The largest absolute Gasteiger partial charge is 0.491 e. The smallest absolute Gasteiger partial charge is 0.152 e. The molecule has 0 amide bonds. The molecule has 1 fully saturated rings. The molecule has 184 valence electrons. The molecule has 1 aromatic carbocycles. The maximum atomic E-state index is 10.9. The van der Waals surface area contributed by atoms with Gasteiger partial charge in [0.15, 0.2) is 5.82 Å². The predicted molar refractivity (Wildman–Crippen MR) is 129 cm³/mol. The molecule has 4 heterocycles. The Balaban J connectivity index is 1.40. The van der Waals surface area contributed by atoms with Crippen LogP contribution in [0.3, 0.4) is 0 Å². The highest BCUT2D eigenvalue weighted by atomic mass is 16.6. The maximum absolute atomic E-state index is 10.9. The zero-order chi connectivity index (χ0) is 24.7. The topological polar surface area (TPSA) is 136 Å². The summed E-state index contributed by atoms with van der Waals surface area (Å²) in [5.74, 6) is 0.946. The predicted octanol–water partition coefficient (Wildman–Crippen LogP) is 1.01. The molecule has 1 aliphatic heterocycles.